The Morgan fingerprint density at radius 1 is 1.15 bits per heavy atom. The highest BCUT2D eigenvalue weighted by atomic mass is 35.5. The van der Waals surface area contributed by atoms with Gasteiger partial charge in [-0.3, -0.25) is 5.32 Å². The lowest BCUT2D eigenvalue weighted by Crippen LogP contribution is -2.20. The van der Waals surface area contributed by atoms with E-state index in [0.29, 0.717) is 4.68 Å². The maximum atomic E-state index is 13.5. The SMILES string of the molecule is O=C(Nc1cccnc1Cl)Oc1cnn(-c2ccccc2)c1C(F)(F)F. The maximum Gasteiger partial charge on any atom is 0.437 e. The van der Waals surface area contributed by atoms with E-state index >= 15 is 0 Å². The number of carbonyl (C=O) groups excluding carboxylic acids is 1. The summed E-state index contributed by atoms with van der Waals surface area (Å²) in [6.07, 6.45) is -3.74. The molecule has 3 aromatic rings. The molecular formula is C16H10ClF3N4O2. The number of halogens is 4. The Bertz CT molecular complexity index is 929. The standard InChI is InChI=1S/C16H10ClF3N4O2/c17-14-11(7-4-8-21-14)23-15(25)26-12-9-22-24(13(12)16(18,19)20)10-5-2-1-3-6-10/h1-9H,(H,23,25). The molecule has 10 heteroatoms. The van der Waals surface area contributed by atoms with E-state index < -0.39 is 23.7 Å². The Morgan fingerprint density at radius 3 is 2.54 bits per heavy atom. The number of amides is 1. The molecule has 0 aliphatic carbocycles. The van der Waals surface area contributed by atoms with E-state index in [-0.39, 0.29) is 16.5 Å². The van der Waals surface area contributed by atoms with E-state index in [4.69, 9.17) is 16.3 Å². The van der Waals surface area contributed by atoms with Crippen LogP contribution in [0.3, 0.4) is 0 Å². The molecule has 0 unspecified atom stereocenters. The zero-order valence-corrected chi connectivity index (χ0v) is 13.6. The Hall–Kier alpha value is -3.07. The zero-order chi connectivity index (χ0) is 18.7. The molecule has 2 heterocycles. The fourth-order valence-corrected chi connectivity index (χ4v) is 2.31. The van der Waals surface area contributed by atoms with Crippen LogP contribution < -0.4 is 10.1 Å². The van der Waals surface area contributed by atoms with Gasteiger partial charge in [-0.15, -0.1) is 0 Å². The first-order valence-electron chi connectivity index (χ1n) is 7.16. The molecule has 2 aromatic heterocycles. The van der Waals surface area contributed by atoms with Gasteiger partial charge in [-0.25, -0.2) is 14.5 Å². The summed E-state index contributed by atoms with van der Waals surface area (Å²) in [5.41, 5.74) is -0.940. The van der Waals surface area contributed by atoms with Crippen LogP contribution in [0.25, 0.3) is 5.69 Å². The van der Waals surface area contributed by atoms with Crippen molar-refractivity contribution in [3.63, 3.8) is 0 Å². The Balaban J connectivity index is 1.90. The predicted molar refractivity (Wildman–Crippen MR) is 87.5 cm³/mol. The number of anilines is 1. The summed E-state index contributed by atoms with van der Waals surface area (Å²) in [5.74, 6) is -0.737. The van der Waals surface area contributed by atoms with Crippen molar-refractivity contribution in [2.75, 3.05) is 5.32 Å². The van der Waals surface area contributed by atoms with E-state index in [9.17, 15) is 18.0 Å². The van der Waals surface area contributed by atoms with E-state index in [1.807, 2.05) is 0 Å². The van der Waals surface area contributed by atoms with Gasteiger partial charge < -0.3 is 4.74 Å². The smallest absolute Gasteiger partial charge is 0.406 e. The summed E-state index contributed by atoms with van der Waals surface area (Å²) in [7, 11) is 0. The van der Waals surface area contributed by atoms with Crippen LogP contribution in [0.1, 0.15) is 5.69 Å². The third-order valence-electron chi connectivity index (χ3n) is 3.20. The van der Waals surface area contributed by atoms with Crippen molar-refractivity contribution in [2.45, 2.75) is 6.18 Å². The highest BCUT2D eigenvalue weighted by Crippen LogP contribution is 2.37. The number of aromatic nitrogens is 3. The molecule has 1 amide bonds. The number of alkyl halides is 3. The number of hydrogen-bond donors (Lipinski definition) is 1. The summed E-state index contributed by atoms with van der Waals surface area (Å²) in [6, 6.07) is 10.6. The average Bonchev–Trinajstić information content (AvgIpc) is 3.01. The molecule has 1 aromatic carbocycles. The van der Waals surface area contributed by atoms with Crippen LogP contribution in [-0.2, 0) is 6.18 Å². The zero-order valence-electron chi connectivity index (χ0n) is 12.9. The van der Waals surface area contributed by atoms with Gasteiger partial charge in [0, 0.05) is 6.20 Å². The third kappa shape index (κ3) is 3.77. The number of rotatable bonds is 3. The molecule has 0 radical (unpaired) electrons. The number of benzene rings is 1. The van der Waals surface area contributed by atoms with Gasteiger partial charge in [0.25, 0.3) is 0 Å². The lowest BCUT2D eigenvalue weighted by atomic mass is 10.3. The van der Waals surface area contributed by atoms with Gasteiger partial charge in [0.15, 0.2) is 16.6 Å². The first-order chi connectivity index (χ1) is 12.4. The summed E-state index contributed by atoms with van der Waals surface area (Å²) >= 11 is 5.78. The summed E-state index contributed by atoms with van der Waals surface area (Å²) < 4.78 is 45.8. The second-order valence-corrected chi connectivity index (χ2v) is 5.32. The molecule has 1 N–H and O–H groups in total. The van der Waals surface area contributed by atoms with Gasteiger partial charge in [-0.05, 0) is 24.3 Å². The minimum Gasteiger partial charge on any atom is -0.406 e. The number of hydrogen-bond acceptors (Lipinski definition) is 4. The Morgan fingerprint density at radius 2 is 1.88 bits per heavy atom. The Kier molecular flexibility index (Phi) is 4.81. The molecule has 0 bridgehead atoms. The van der Waals surface area contributed by atoms with Crippen LogP contribution in [0.5, 0.6) is 5.75 Å². The molecule has 0 fully saturated rings. The lowest BCUT2D eigenvalue weighted by molar-refractivity contribution is -0.143. The number of para-hydroxylation sites is 1. The first-order valence-corrected chi connectivity index (χ1v) is 7.54. The van der Waals surface area contributed by atoms with Gasteiger partial charge in [0.05, 0.1) is 17.6 Å². The van der Waals surface area contributed by atoms with Crippen LogP contribution >= 0.6 is 11.6 Å². The monoisotopic (exact) mass is 382 g/mol. The van der Waals surface area contributed by atoms with Gasteiger partial charge >= 0.3 is 12.3 Å². The quantitative estimate of drug-likeness (QED) is 0.675. The van der Waals surface area contributed by atoms with E-state index in [1.165, 1.54) is 30.5 Å². The van der Waals surface area contributed by atoms with Crippen molar-refractivity contribution in [1.29, 1.82) is 0 Å². The highest BCUT2D eigenvalue weighted by molar-refractivity contribution is 6.32. The van der Waals surface area contributed by atoms with Crippen molar-refractivity contribution in [3.8, 4) is 11.4 Å². The van der Waals surface area contributed by atoms with E-state index in [0.717, 1.165) is 6.20 Å². The highest BCUT2D eigenvalue weighted by Gasteiger charge is 2.40. The molecule has 0 aliphatic heterocycles. The normalized spacial score (nSPS) is 11.2. The van der Waals surface area contributed by atoms with Crippen LogP contribution in [-0.4, -0.2) is 20.9 Å². The van der Waals surface area contributed by atoms with E-state index in [2.05, 4.69) is 15.4 Å². The second kappa shape index (κ2) is 7.04. The minimum atomic E-state index is -4.80. The van der Waals surface area contributed by atoms with E-state index in [1.54, 1.807) is 18.2 Å². The number of ether oxygens (including phenoxy) is 1. The van der Waals surface area contributed by atoms with Crippen molar-refractivity contribution >= 4 is 23.4 Å². The second-order valence-electron chi connectivity index (χ2n) is 4.96. The van der Waals surface area contributed by atoms with Crippen molar-refractivity contribution < 1.29 is 22.7 Å². The molecular weight excluding hydrogens is 373 g/mol. The van der Waals surface area contributed by atoms with Gasteiger partial charge in [-0.2, -0.15) is 18.3 Å². The lowest BCUT2D eigenvalue weighted by Gasteiger charge is -2.13. The molecule has 0 saturated heterocycles. The summed E-state index contributed by atoms with van der Waals surface area (Å²) in [5, 5.41) is 5.88. The molecule has 0 atom stereocenters. The van der Waals surface area contributed by atoms with Crippen LogP contribution in [0, 0.1) is 0 Å². The topological polar surface area (TPSA) is 69.0 Å². The van der Waals surface area contributed by atoms with Crippen LogP contribution in [0.15, 0.2) is 54.9 Å². The predicted octanol–water partition coefficient (Wildman–Crippen LogP) is 4.55. The maximum absolute atomic E-state index is 13.5. The minimum absolute atomic E-state index is 0.0273. The van der Waals surface area contributed by atoms with Gasteiger partial charge in [0.1, 0.15) is 0 Å². The molecule has 134 valence electrons. The number of nitrogens with one attached hydrogen (secondary N) is 1. The largest absolute Gasteiger partial charge is 0.437 e. The third-order valence-corrected chi connectivity index (χ3v) is 3.50. The first kappa shape index (κ1) is 17.7. The van der Waals surface area contributed by atoms with Crippen molar-refractivity contribution in [3.05, 3.63) is 65.7 Å². The van der Waals surface area contributed by atoms with Crippen molar-refractivity contribution in [2.24, 2.45) is 0 Å². The molecule has 3 rings (SSSR count). The Labute approximate surface area is 150 Å². The number of nitrogens with zero attached hydrogens (tertiary/aromatic N) is 3. The molecule has 6 nitrogen and oxygen atoms in total. The fraction of sp³-hybridized carbons (Fsp3) is 0.0625. The molecule has 0 saturated carbocycles. The van der Waals surface area contributed by atoms with Gasteiger partial charge in [0.2, 0.25) is 0 Å². The van der Waals surface area contributed by atoms with Crippen LogP contribution in [0.2, 0.25) is 5.15 Å². The molecule has 0 aliphatic rings. The van der Waals surface area contributed by atoms with Crippen molar-refractivity contribution in [1.82, 2.24) is 14.8 Å². The average molecular weight is 383 g/mol. The summed E-state index contributed by atoms with van der Waals surface area (Å²) in [6.45, 7) is 0. The van der Waals surface area contributed by atoms with Crippen LogP contribution in [0.4, 0.5) is 23.7 Å². The fourth-order valence-electron chi connectivity index (χ4n) is 2.15. The number of carbonyl (C=O) groups is 1. The summed E-state index contributed by atoms with van der Waals surface area (Å²) in [4.78, 5) is 15.7. The molecule has 0 spiro atoms. The van der Waals surface area contributed by atoms with Gasteiger partial charge in [-0.1, -0.05) is 29.8 Å². The molecule has 26 heavy (non-hydrogen) atoms. The number of pyridine rings is 1.